The van der Waals surface area contributed by atoms with Crippen LogP contribution in [0.25, 0.3) is 0 Å². The summed E-state index contributed by atoms with van der Waals surface area (Å²) in [5, 5.41) is 0.548. The first kappa shape index (κ1) is 11.7. The first-order valence-corrected chi connectivity index (χ1v) is 7.27. The number of hydrogen-bond donors (Lipinski definition) is 0. The zero-order valence-electron chi connectivity index (χ0n) is 8.05. The molecule has 1 aliphatic rings. The van der Waals surface area contributed by atoms with Gasteiger partial charge < -0.3 is 0 Å². The van der Waals surface area contributed by atoms with E-state index in [-0.39, 0.29) is 5.82 Å². The van der Waals surface area contributed by atoms with Crippen molar-refractivity contribution in [1.82, 2.24) is 0 Å². The van der Waals surface area contributed by atoms with Gasteiger partial charge in [0.15, 0.2) is 0 Å². The molecule has 2 atom stereocenters. The predicted molar refractivity (Wildman–Crippen MR) is 68.6 cm³/mol. The van der Waals surface area contributed by atoms with Crippen LogP contribution in [0.2, 0.25) is 5.02 Å². The van der Waals surface area contributed by atoms with Crippen molar-refractivity contribution >= 4 is 39.3 Å². The van der Waals surface area contributed by atoms with Crippen molar-refractivity contribution in [2.75, 3.05) is 11.5 Å². The van der Waals surface area contributed by atoms with E-state index in [0.717, 1.165) is 23.5 Å². The molecule has 0 N–H and O–H groups in total. The summed E-state index contributed by atoms with van der Waals surface area (Å²) in [6.45, 7) is 0. The summed E-state index contributed by atoms with van der Waals surface area (Å²) < 4.78 is 12.8. The van der Waals surface area contributed by atoms with Crippen LogP contribution in [0.4, 0.5) is 4.39 Å². The molecule has 4 heteroatoms. The zero-order chi connectivity index (χ0) is 10.8. The Morgan fingerprint density at radius 1 is 1.47 bits per heavy atom. The Morgan fingerprint density at radius 3 is 2.87 bits per heavy atom. The summed E-state index contributed by atoms with van der Waals surface area (Å²) in [5.41, 5.74) is 1.05. The Hall–Kier alpha value is 0.270. The van der Waals surface area contributed by atoms with E-state index in [9.17, 15) is 4.39 Å². The monoisotopic (exact) mass is 308 g/mol. The van der Waals surface area contributed by atoms with Crippen molar-refractivity contribution in [3.63, 3.8) is 0 Å². The molecule has 0 radical (unpaired) electrons. The molecule has 0 aliphatic carbocycles. The lowest BCUT2D eigenvalue weighted by molar-refractivity contribution is 0.608. The van der Waals surface area contributed by atoms with Crippen LogP contribution < -0.4 is 0 Å². The fraction of sp³-hybridized carbons (Fsp3) is 0.455. The van der Waals surface area contributed by atoms with Gasteiger partial charge in [0.05, 0.1) is 0 Å². The van der Waals surface area contributed by atoms with Crippen LogP contribution in [0.15, 0.2) is 18.2 Å². The summed E-state index contributed by atoms with van der Waals surface area (Å²) in [6, 6.07) is 4.66. The highest BCUT2D eigenvalue weighted by Gasteiger charge is 2.26. The van der Waals surface area contributed by atoms with Gasteiger partial charge in [-0.1, -0.05) is 33.6 Å². The van der Waals surface area contributed by atoms with E-state index < -0.39 is 0 Å². The van der Waals surface area contributed by atoms with Gasteiger partial charge in [-0.3, -0.25) is 0 Å². The minimum absolute atomic E-state index is 0.264. The highest BCUT2D eigenvalue weighted by atomic mass is 79.9. The van der Waals surface area contributed by atoms with Crippen LogP contribution in [-0.4, -0.2) is 16.3 Å². The number of alkyl halides is 1. The van der Waals surface area contributed by atoms with Gasteiger partial charge in [-0.2, -0.15) is 11.8 Å². The van der Waals surface area contributed by atoms with Crippen molar-refractivity contribution in [2.24, 2.45) is 5.92 Å². The van der Waals surface area contributed by atoms with Crippen LogP contribution in [0, 0.1) is 11.7 Å². The maximum Gasteiger partial charge on any atom is 0.124 e. The van der Waals surface area contributed by atoms with Crippen LogP contribution >= 0.6 is 39.3 Å². The third-order valence-electron chi connectivity index (χ3n) is 2.62. The number of thioether (sulfide) groups is 1. The molecule has 0 spiro atoms. The summed E-state index contributed by atoms with van der Waals surface area (Å²) in [6.07, 6.45) is 0.933. The fourth-order valence-corrected chi connectivity index (χ4v) is 4.44. The van der Waals surface area contributed by atoms with Crippen LogP contribution in [0.3, 0.4) is 0 Å². The second-order valence-corrected chi connectivity index (χ2v) is 6.41. The molecular formula is C11H11BrClFS. The third-order valence-corrected chi connectivity index (χ3v) is 5.73. The normalized spacial score (nSPS) is 25.8. The maximum absolute atomic E-state index is 12.8. The van der Waals surface area contributed by atoms with Crippen molar-refractivity contribution in [3.05, 3.63) is 34.6 Å². The summed E-state index contributed by atoms with van der Waals surface area (Å²) in [4.78, 5) is 0.559. The zero-order valence-corrected chi connectivity index (χ0v) is 11.2. The van der Waals surface area contributed by atoms with E-state index in [1.807, 2.05) is 11.8 Å². The molecule has 0 aromatic heterocycles. The topological polar surface area (TPSA) is 0 Å². The predicted octanol–water partition coefficient (Wildman–Crippen LogP) is 4.15. The van der Waals surface area contributed by atoms with Crippen molar-refractivity contribution in [3.8, 4) is 0 Å². The molecule has 0 nitrogen and oxygen atoms in total. The van der Waals surface area contributed by atoms with Crippen molar-refractivity contribution in [2.45, 2.75) is 11.2 Å². The molecule has 1 fully saturated rings. The summed E-state index contributed by atoms with van der Waals surface area (Å²) in [7, 11) is 0. The van der Waals surface area contributed by atoms with Gasteiger partial charge in [-0.25, -0.2) is 4.39 Å². The molecule has 0 saturated carbocycles. The van der Waals surface area contributed by atoms with Crippen LogP contribution in [0.1, 0.15) is 5.56 Å². The highest BCUT2D eigenvalue weighted by Crippen LogP contribution is 2.33. The molecule has 0 amide bonds. The van der Waals surface area contributed by atoms with E-state index in [2.05, 4.69) is 15.9 Å². The molecular weight excluding hydrogens is 299 g/mol. The van der Waals surface area contributed by atoms with E-state index in [4.69, 9.17) is 11.6 Å². The average molecular weight is 310 g/mol. The molecule has 2 rings (SSSR count). The van der Waals surface area contributed by atoms with Gasteiger partial charge in [0.2, 0.25) is 0 Å². The number of hydrogen-bond acceptors (Lipinski definition) is 1. The lowest BCUT2D eigenvalue weighted by atomic mass is 9.99. The average Bonchev–Trinajstić information content (AvgIpc) is 2.57. The van der Waals surface area contributed by atoms with Gasteiger partial charge in [0.1, 0.15) is 5.82 Å². The lowest BCUT2D eigenvalue weighted by Gasteiger charge is -2.13. The Balaban J connectivity index is 2.10. The minimum Gasteiger partial charge on any atom is -0.207 e. The van der Waals surface area contributed by atoms with Gasteiger partial charge in [-0.05, 0) is 35.8 Å². The molecule has 82 valence electrons. The number of rotatable bonds is 2. The van der Waals surface area contributed by atoms with E-state index in [0.29, 0.717) is 15.8 Å². The fourth-order valence-electron chi connectivity index (χ4n) is 1.73. The molecule has 1 aromatic carbocycles. The number of halogens is 3. The van der Waals surface area contributed by atoms with Crippen LogP contribution in [0.5, 0.6) is 0 Å². The van der Waals surface area contributed by atoms with E-state index >= 15 is 0 Å². The molecule has 0 bridgehead atoms. The van der Waals surface area contributed by atoms with Gasteiger partial charge in [0, 0.05) is 15.6 Å². The maximum atomic E-state index is 12.8. The Kier molecular flexibility index (Phi) is 3.97. The summed E-state index contributed by atoms with van der Waals surface area (Å²) >= 11 is 11.6. The van der Waals surface area contributed by atoms with E-state index in [1.165, 1.54) is 12.1 Å². The van der Waals surface area contributed by atoms with Crippen molar-refractivity contribution < 1.29 is 4.39 Å². The van der Waals surface area contributed by atoms with Crippen molar-refractivity contribution in [1.29, 1.82) is 0 Å². The van der Waals surface area contributed by atoms with Gasteiger partial charge >= 0.3 is 0 Å². The molecule has 1 aromatic rings. The van der Waals surface area contributed by atoms with E-state index in [1.54, 1.807) is 6.07 Å². The second kappa shape index (κ2) is 5.07. The van der Waals surface area contributed by atoms with Gasteiger partial charge in [0.25, 0.3) is 0 Å². The standard InChI is InChI=1S/C11H11BrClFS/c12-10-6-15-5-8(10)3-7-1-2-9(14)4-11(7)13/h1-2,4,8,10H,3,5-6H2. The lowest BCUT2D eigenvalue weighted by Crippen LogP contribution is -2.14. The van der Waals surface area contributed by atoms with Crippen LogP contribution in [-0.2, 0) is 6.42 Å². The molecule has 2 unspecified atom stereocenters. The summed E-state index contributed by atoms with van der Waals surface area (Å²) in [5.74, 6) is 2.66. The SMILES string of the molecule is Fc1ccc(CC2CSCC2Br)c(Cl)c1. The third kappa shape index (κ3) is 2.89. The Bertz CT molecular complexity index is 358. The molecule has 1 saturated heterocycles. The second-order valence-electron chi connectivity index (χ2n) is 3.75. The Morgan fingerprint density at radius 2 is 2.27 bits per heavy atom. The number of benzene rings is 1. The highest BCUT2D eigenvalue weighted by molar-refractivity contribution is 9.09. The minimum atomic E-state index is -0.264. The molecule has 1 heterocycles. The quantitative estimate of drug-likeness (QED) is 0.740. The first-order valence-electron chi connectivity index (χ1n) is 4.82. The molecule has 1 aliphatic heterocycles. The Labute approximate surface area is 107 Å². The smallest absolute Gasteiger partial charge is 0.124 e. The molecule has 15 heavy (non-hydrogen) atoms. The van der Waals surface area contributed by atoms with Gasteiger partial charge in [-0.15, -0.1) is 0 Å². The largest absolute Gasteiger partial charge is 0.207 e. The first-order chi connectivity index (χ1) is 7.16.